The zero-order valence-electron chi connectivity index (χ0n) is 9.95. The number of carboxylic acids is 1. The zero-order valence-corrected chi connectivity index (χ0v) is 9.95. The van der Waals surface area contributed by atoms with Crippen molar-refractivity contribution in [3.8, 4) is 0 Å². The van der Waals surface area contributed by atoms with Gasteiger partial charge in [-0.15, -0.1) is 0 Å². The van der Waals surface area contributed by atoms with E-state index >= 15 is 0 Å². The Morgan fingerprint density at radius 1 is 1.21 bits per heavy atom. The minimum atomic E-state index is -0.962. The Morgan fingerprint density at radius 3 is 2.74 bits per heavy atom. The third-order valence-electron chi connectivity index (χ3n) is 2.81. The van der Waals surface area contributed by atoms with Crippen LogP contribution in [0, 0.1) is 0 Å². The van der Waals surface area contributed by atoms with E-state index in [4.69, 9.17) is 5.11 Å². The lowest BCUT2D eigenvalue weighted by atomic mass is 10.2. The predicted molar refractivity (Wildman–Crippen MR) is 71.9 cm³/mol. The average molecular weight is 253 g/mol. The maximum atomic E-state index is 11.0. The van der Waals surface area contributed by atoms with E-state index in [1.807, 2.05) is 36.4 Å². The lowest BCUT2D eigenvalue weighted by Crippen LogP contribution is -1.95. The second-order valence-electron chi connectivity index (χ2n) is 4.10. The van der Waals surface area contributed by atoms with Gasteiger partial charge in [-0.05, 0) is 24.3 Å². The standard InChI is InChI=1S/C14H11N3O2/c18-14(19)10-8-13-12(6-7-15-17(13)9-10)16-11-4-2-1-3-5-11/h1-9,16H,(H,18,19). The summed E-state index contributed by atoms with van der Waals surface area (Å²) in [6, 6.07) is 13.1. The molecule has 0 saturated heterocycles. The van der Waals surface area contributed by atoms with Gasteiger partial charge in [0.05, 0.1) is 16.8 Å². The number of carboxylic acid groups (broad SMARTS) is 1. The summed E-state index contributed by atoms with van der Waals surface area (Å²) in [6.07, 6.45) is 3.12. The van der Waals surface area contributed by atoms with Gasteiger partial charge in [-0.2, -0.15) is 5.10 Å². The van der Waals surface area contributed by atoms with Gasteiger partial charge < -0.3 is 10.4 Å². The number of rotatable bonds is 3. The van der Waals surface area contributed by atoms with Crippen molar-refractivity contribution in [2.24, 2.45) is 0 Å². The molecule has 0 aliphatic rings. The van der Waals surface area contributed by atoms with Crippen LogP contribution in [0.3, 0.4) is 0 Å². The molecule has 5 nitrogen and oxygen atoms in total. The third-order valence-corrected chi connectivity index (χ3v) is 2.81. The summed E-state index contributed by atoms with van der Waals surface area (Å²) in [4.78, 5) is 11.0. The molecule has 0 saturated carbocycles. The molecule has 0 spiro atoms. The molecular weight excluding hydrogens is 242 g/mol. The minimum Gasteiger partial charge on any atom is -0.478 e. The van der Waals surface area contributed by atoms with Gasteiger partial charge in [-0.3, -0.25) is 0 Å². The first-order valence-corrected chi connectivity index (χ1v) is 5.77. The van der Waals surface area contributed by atoms with Crippen molar-refractivity contribution < 1.29 is 9.90 Å². The number of hydrogen-bond donors (Lipinski definition) is 2. The molecule has 0 atom stereocenters. The van der Waals surface area contributed by atoms with Crippen molar-refractivity contribution in [2.75, 3.05) is 5.32 Å². The number of aromatic carboxylic acids is 1. The average Bonchev–Trinajstić information content (AvgIpc) is 2.85. The Labute approximate surface area is 109 Å². The van der Waals surface area contributed by atoms with E-state index in [0.717, 1.165) is 16.9 Å². The summed E-state index contributed by atoms with van der Waals surface area (Å²) in [5, 5.41) is 16.4. The maximum absolute atomic E-state index is 11.0. The molecule has 0 aliphatic carbocycles. The number of aromatic nitrogens is 2. The lowest BCUT2D eigenvalue weighted by Gasteiger charge is -2.07. The number of nitrogens with one attached hydrogen (secondary N) is 1. The van der Waals surface area contributed by atoms with Crippen LogP contribution in [0.5, 0.6) is 0 Å². The number of carbonyl (C=O) groups is 1. The van der Waals surface area contributed by atoms with Crippen molar-refractivity contribution in [2.45, 2.75) is 0 Å². The second kappa shape index (κ2) is 4.45. The van der Waals surface area contributed by atoms with Gasteiger partial charge in [0.25, 0.3) is 0 Å². The number of benzene rings is 1. The van der Waals surface area contributed by atoms with E-state index in [0.29, 0.717) is 0 Å². The van der Waals surface area contributed by atoms with E-state index in [1.54, 1.807) is 16.8 Å². The summed E-state index contributed by atoms with van der Waals surface area (Å²) in [5.41, 5.74) is 2.70. The molecule has 2 aromatic heterocycles. The Bertz CT molecular complexity index is 735. The Kier molecular flexibility index (Phi) is 2.64. The number of para-hydroxylation sites is 1. The van der Waals surface area contributed by atoms with Crippen LogP contribution >= 0.6 is 0 Å². The van der Waals surface area contributed by atoms with E-state index in [1.165, 1.54) is 6.20 Å². The van der Waals surface area contributed by atoms with E-state index in [-0.39, 0.29) is 5.56 Å². The second-order valence-corrected chi connectivity index (χ2v) is 4.10. The third kappa shape index (κ3) is 2.13. The normalized spacial score (nSPS) is 10.5. The first-order chi connectivity index (χ1) is 9.24. The van der Waals surface area contributed by atoms with Gasteiger partial charge in [-0.1, -0.05) is 18.2 Å². The smallest absolute Gasteiger partial charge is 0.337 e. The van der Waals surface area contributed by atoms with Crippen molar-refractivity contribution in [1.29, 1.82) is 0 Å². The predicted octanol–water partition coefficient (Wildman–Crippen LogP) is 2.78. The molecule has 0 amide bonds. The molecule has 94 valence electrons. The van der Waals surface area contributed by atoms with Crippen LogP contribution in [-0.2, 0) is 0 Å². The van der Waals surface area contributed by atoms with Crippen LogP contribution in [0.2, 0.25) is 0 Å². The zero-order chi connectivity index (χ0) is 13.2. The molecule has 0 bridgehead atoms. The quantitative estimate of drug-likeness (QED) is 0.753. The van der Waals surface area contributed by atoms with Gasteiger partial charge >= 0.3 is 5.97 Å². The molecule has 2 heterocycles. The largest absolute Gasteiger partial charge is 0.478 e. The number of hydrogen-bond acceptors (Lipinski definition) is 3. The van der Waals surface area contributed by atoms with Crippen LogP contribution in [0.4, 0.5) is 11.4 Å². The van der Waals surface area contributed by atoms with Crippen LogP contribution in [0.1, 0.15) is 10.4 Å². The summed E-state index contributed by atoms with van der Waals surface area (Å²) < 4.78 is 1.55. The highest BCUT2D eigenvalue weighted by atomic mass is 16.4. The van der Waals surface area contributed by atoms with Crippen molar-refractivity contribution in [1.82, 2.24) is 9.61 Å². The van der Waals surface area contributed by atoms with Crippen molar-refractivity contribution >= 4 is 22.9 Å². The Balaban J connectivity index is 2.06. The number of fused-ring (bicyclic) bond motifs is 1. The van der Waals surface area contributed by atoms with Crippen molar-refractivity contribution in [3.63, 3.8) is 0 Å². The monoisotopic (exact) mass is 253 g/mol. The topological polar surface area (TPSA) is 66.6 Å². The summed E-state index contributed by atoms with van der Waals surface area (Å²) >= 11 is 0. The first kappa shape index (κ1) is 11.3. The van der Waals surface area contributed by atoms with Crippen molar-refractivity contribution in [3.05, 3.63) is 60.4 Å². The number of nitrogens with zero attached hydrogens (tertiary/aromatic N) is 2. The first-order valence-electron chi connectivity index (χ1n) is 5.77. The molecule has 19 heavy (non-hydrogen) atoms. The maximum Gasteiger partial charge on any atom is 0.337 e. The molecular formula is C14H11N3O2. The van der Waals surface area contributed by atoms with Gasteiger partial charge in [0.15, 0.2) is 0 Å². The minimum absolute atomic E-state index is 0.217. The fourth-order valence-corrected chi connectivity index (χ4v) is 1.91. The van der Waals surface area contributed by atoms with E-state index in [9.17, 15) is 4.79 Å². The molecule has 5 heteroatoms. The molecule has 0 radical (unpaired) electrons. The van der Waals surface area contributed by atoms with Crippen LogP contribution < -0.4 is 5.32 Å². The summed E-state index contributed by atoms with van der Waals surface area (Å²) in [7, 11) is 0. The highest BCUT2D eigenvalue weighted by molar-refractivity contribution is 5.91. The molecule has 0 aliphatic heterocycles. The van der Waals surface area contributed by atoms with E-state index in [2.05, 4.69) is 10.4 Å². The fraction of sp³-hybridized carbons (Fsp3) is 0. The molecule has 2 N–H and O–H groups in total. The molecule has 0 fully saturated rings. The van der Waals surface area contributed by atoms with Crippen LogP contribution in [0.15, 0.2) is 54.9 Å². The van der Waals surface area contributed by atoms with Gasteiger partial charge in [0.1, 0.15) is 0 Å². The van der Waals surface area contributed by atoms with E-state index < -0.39 is 5.97 Å². The fourth-order valence-electron chi connectivity index (χ4n) is 1.91. The van der Waals surface area contributed by atoms with Crippen LogP contribution in [0.25, 0.3) is 5.52 Å². The van der Waals surface area contributed by atoms with Crippen LogP contribution in [-0.4, -0.2) is 20.7 Å². The summed E-state index contributed by atoms with van der Waals surface area (Å²) in [6.45, 7) is 0. The molecule has 3 aromatic rings. The number of anilines is 2. The van der Waals surface area contributed by atoms with Gasteiger partial charge in [-0.25, -0.2) is 9.31 Å². The van der Waals surface area contributed by atoms with Gasteiger partial charge in [0.2, 0.25) is 0 Å². The molecule has 3 rings (SSSR count). The molecule has 0 unspecified atom stereocenters. The lowest BCUT2D eigenvalue weighted by molar-refractivity contribution is 0.0697. The SMILES string of the molecule is O=C(O)c1cc2c(Nc3ccccc3)ccnn2c1. The van der Waals surface area contributed by atoms with Gasteiger partial charge in [0, 0.05) is 18.1 Å². The highest BCUT2D eigenvalue weighted by Crippen LogP contribution is 2.22. The Hall–Kier alpha value is -2.82. The molecule has 1 aromatic carbocycles. The summed E-state index contributed by atoms with van der Waals surface area (Å²) in [5.74, 6) is -0.962. The Morgan fingerprint density at radius 2 is 2.00 bits per heavy atom. The highest BCUT2D eigenvalue weighted by Gasteiger charge is 2.10.